The number of carbonyl (C=O) groups is 2. The number of ether oxygens (including phenoxy) is 1. The zero-order chi connectivity index (χ0) is 22.6. The Morgan fingerprint density at radius 3 is 2.72 bits per heavy atom. The second kappa shape index (κ2) is 9.25. The Morgan fingerprint density at radius 2 is 1.91 bits per heavy atom. The molecule has 1 aliphatic rings. The first-order valence-corrected chi connectivity index (χ1v) is 11.3. The number of sulfonamides is 1. The van der Waals surface area contributed by atoms with Crippen molar-refractivity contribution in [1.82, 2.24) is 4.72 Å². The lowest BCUT2D eigenvalue weighted by atomic mass is 10.2. The van der Waals surface area contributed by atoms with Crippen LogP contribution in [0, 0.1) is 0 Å². The molecule has 0 saturated heterocycles. The molecule has 2 N–H and O–H groups in total. The summed E-state index contributed by atoms with van der Waals surface area (Å²) in [6.45, 7) is 0.109. The van der Waals surface area contributed by atoms with Gasteiger partial charge < -0.3 is 19.4 Å². The van der Waals surface area contributed by atoms with Crippen LogP contribution >= 0.6 is 0 Å². The molecule has 2 aromatic carbocycles. The van der Waals surface area contributed by atoms with Gasteiger partial charge in [0.15, 0.2) is 6.61 Å². The molecule has 4 rings (SSSR count). The molecule has 0 aliphatic carbocycles. The van der Waals surface area contributed by atoms with Crippen LogP contribution in [0.4, 0.5) is 11.4 Å². The minimum atomic E-state index is -3.79. The maximum absolute atomic E-state index is 12.5. The van der Waals surface area contributed by atoms with Crippen LogP contribution < -0.4 is 19.7 Å². The van der Waals surface area contributed by atoms with Gasteiger partial charge in [0.2, 0.25) is 15.9 Å². The summed E-state index contributed by atoms with van der Waals surface area (Å²) in [6.07, 6.45) is 1.50. The fourth-order valence-corrected chi connectivity index (χ4v) is 4.28. The van der Waals surface area contributed by atoms with Gasteiger partial charge in [0.25, 0.3) is 5.91 Å². The molecule has 0 fully saturated rings. The van der Waals surface area contributed by atoms with Gasteiger partial charge >= 0.3 is 0 Å². The van der Waals surface area contributed by atoms with Crippen LogP contribution in [0.1, 0.15) is 12.2 Å². The van der Waals surface area contributed by atoms with Gasteiger partial charge in [0.1, 0.15) is 11.5 Å². The summed E-state index contributed by atoms with van der Waals surface area (Å²) < 4.78 is 38.0. The van der Waals surface area contributed by atoms with Crippen molar-refractivity contribution >= 4 is 33.2 Å². The first-order chi connectivity index (χ1) is 15.4. The van der Waals surface area contributed by atoms with Crippen molar-refractivity contribution in [2.24, 2.45) is 0 Å². The first-order valence-electron chi connectivity index (χ1n) is 9.86. The van der Waals surface area contributed by atoms with Crippen molar-refractivity contribution in [3.8, 4) is 5.75 Å². The van der Waals surface area contributed by atoms with Crippen LogP contribution in [0.3, 0.4) is 0 Å². The SMILES string of the molecule is O=C(CCN1C(=O)COc2ccccc21)Nc1cccc(S(=O)(=O)NCc2ccco2)c1. The van der Waals surface area contributed by atoms with E-state index in [0.717, 1.165) is 0 Å². The van der Waals surface area contributed by atoms with Crippen LogP contribution in [0.2, 0.25) is 0 Å². The molecule has 166 valence electrons. The molecular weight excluding hydrogens is 434 g/mol. The van der Waals surface area contributed by atoms with Gasteiger partial charge in [0.05, 0.1) is 23.4 Å². The number of para-hydroxylation sites is 2. The number of nitrogens with one attached hydrogen (secondary N) is 2. The second-order valence-electron chi connectivity index (χ2n) is 7.03. The highest BCUT2D eigenvalue weighted by Crippen LogP contribution is 2.31. The molecule has 0 unspecified atom stereocenters. The third-order valence-corrected chi connectivity index (χ3v) is 6.21. The van der Waals surface area contributed by atoms with Gasteiger partial charge in [-0.1, -0.05) is 18.2 Å². The molecule has 0 radical (unpaired) electrons. The molecule has 2 amide bonds. The topological polar surface area (TPSA) is 118 Å². The van der Waals surface area contributed by atoms with E-state index in [-0.39, 0.29) is 42.8 Å². The number of anilines is 2. The molecule has 0 saturated carbocycles. The summed E-state index contributed by atoms with van der Waals surface area (Å²) in [5, 5.41) is 2.68. The van der Waals surface area contributed by atoms with E-state index >= 15 is 0 Å². The van der Waals surface area contributed by atoms with Crippen LogP contribution in [0.5, 0.6) is 5.75 Å². The van der Waals surface area contributed by atoms with E-state index in [1.54, 1.807) is 42.5 Å². The Bertz CT molecular complexity index is 1220. The van der Waals surface area contributed by atoms with Crippen LogP contribution in [-0.4, -0.2) is 33.4 Å². The van der Waals surface area contributed by atoms with E-state index in [0.29, 0.717) is 22.9 Å². The predicted molar refractivity (Wildman–Crippen MR) is 117 cm³/mol. The summed E-state index contributed by atoms with van der Waals surface area (Å²) in [7, 11) is -3.79. The summed E-state index contributed by atoms with van der Waals surface area (Å²) >= 11 is 0. The first kappa shape index (κ1) is 21.6. The van der Waals surface area contributed by atoms with Crippen molar-refractivity contribution in [3.05, 3.63) is 72.7 Å². The summed E-state index contributed by atoms with van der Waals surface area (Å²) in [5.74, 6) is 0.497. The third kappa shape index (κ3) is 4.98. The Labute approximate surface area is 185 Å². The largest absolute Gasteiger partial charge is 0.482 e. The van der Waals surface area contributed by atoms with Crippen molar-refractivity contribution in [1.29, 1.82) is 0 Å². The van der Waals surface area contributed by atoms with Crippen molar-refractivity contribution < 1.29 is 27.2 Å². The van der Waals surface area contributed by atoms with Gasteiger partial charge in [-0.3, -0.25) is 9.59 Å². The third-order valence-electron chi connectivity index (χ3n) is 4.82. The quantitative estimate of drug-likeness (QED) is 0.539. The van der Waals surface area contributed by atoms with E-state index in [1.165, 1.54) is 23.3 Å². The average Bonchev–Trinajstić information content (AvgIpc) is 3.31. The number of hydrogen-bond donors (Lipinski definition) is 2. The molecule has 2 heterocycles. The molecule has 9 nitrogen and oxygen atoms in total. The number of amides is 2. The highest BCUT2D eigenvalue weighted by atomic mass is 32.2. The van der Waals surface area contributed by atoms with Gasteiger partial charge in [-0.25, -0.2) is 13.1 Å². The summed E-state index contributed by atoms with van der Waals surface area (Å²) in [4.78, 5) is 26.2. The van der Waals surface area contributed by atoms with E-state index in [1.807, 2.05) is 6.07 Å². The maximum Gasteiger partial charge on any atom is 0.265 e. The van der Waals surface area contributed by atoms with Crippen molar-refractivity contribution in [2.75, 3.05) is 23.4 Å². The molecule has 32 heavy (non-hydrogen) atoms. The minimum Gasteiger partial charge on any atom is -0.482 e. The number of hydrogen-bond acceptors (Lipinski definition) is 6. The molecular formula is C22H21N3O6S. The van der Waals surface area contributed by atoms with Gasteiger partial charge in [0, 0.05) is 18.7 Å². The minimum absolute atomic E-state index is 0.0131. The van der Waals surface area contributed by atoms with E-state index < -0.39 is 10.0 Å². The van der Waals surface area contributed by atoms with Crippen molar-refractivity contribution in [2.45, 2.75) is 17.9 Å². The van der Waals surface area contributed by atoms with E-state index in [4.69, 9.17) is 9.15 Å². The van der Waals surface area contributed by atoms with E-state index in [9.17, 15) is 18.0 Å². The van der Waals surface area contributed by atoms with Gasteiger partial charge in [-0.2, -0.15) is 0 Å². The predicted octanol–water partition coefficient (Wildman–Crippen LogP) is 2.51. The zero-order valence-electron chi connectivity index (χ0n) is 17.0. The lowest BCUT2D eigenvalue weighted by Gasteiger charge is -2.29. The number of nitrogens with zero attached hydrogens (tertiary/aromatic N) is 1. The Kier molecular flexibility index (Phi) is 6.24. The molecule has 10 heteroatoms. The normalized spacial score (nSPS) is 13.4. The molecule has 1 aliphatic heterocycles. The fraction of sp³-hybridized carbons (Fsp3) is 0.182. The highest BCUT2D eigenvalue weighted by Gasteiger charge is 2.25. The number of benzene rings is 2. The molecule has 3 aromatic rings. The van der Waals surface area contributed by atoms with Crippen LogP contribution in [0.15, 0.2) is 76.2 Å². The fourth-order valence-electron chi connectivity index (χ4n) is 3.24. The Hall–Kier alpha value is -3.63. The van der Waals surface area contributed by atoms with Crippen LogP contribution in [0.25, 0.3) is 0 Å². The number of fused-ring (bicyclic) bond motifs is 1. The standard InChI is InChI=1S/C22H21N3O6S/c26-21(10-11-25-19-8-1-2-9-20(19)31-15-22(25)27)24-16-5-3-7-18(13-16)32(28,29)23-14-17-6-4-12-30-17/h1-9,12-13,23H,10-11,14-15H2,(H,24,26). The number of carbonyl (C=O) groups excluding carboxylic acids is 2. The lowest BCUT2D eigenvalue weighted by molar-refractivity contribution is -0.121. The zero-order valence-corrected chi connectivity index (χ0v) is 17.8. The lowest BCUT2D eigenvalue weighted by Crippen LogP contribution is -2.40. The maximum atomic E-state index is 12.5. The summed E-state index contributed by atoms with van der Waals surface area (Å²) in [6, 6.07) is 16.4. The average molecular weight is 455 g/mol. The smallest absolute Gasteiger partial charge is 0.265 e. The van der Waals surface area contributed by atoms with Gasteiger partial charge in [-0.05, 0) is 42.5 Å². The molecule has 1 aromatic heterocycles. The van der Waals surface area contributed by atoms with Crippen molar-refractivity contribution in [3.63, 3.8) is 0 Å². The molecule has 0 atom stereocenters. The second-order valence-corrected chi connectivity index (χ2v) is 8.80. The monoisotopic (exact) mass is 455 g/mol. The Morgan fingerprint density at radius 1 is 1.06 bits per heavy atom. The summed E-state index contributed by atoms with van der Waals surface area (Å²) in [5.41, 5.74) is 0.955. The Balaban J connectivity index is 1.37. The number of rotatable bonds is 8. The van der Waals surface area contributed by atoms with Crippen LogP contribution in [-0.2, 0) is 26.2 Å². The van der Waals surface area contributed by atoms with E-state index in [2.05, 4.69) is 10.0 Å². The molecule has 0 bridgehead atoms. The van der Waals surface area contributed by atoms with Gasteiger partial charge in [-0.15, -0.1) is 0 Å². The molecule has 0 spiro atoms. The highest BCUT2D eigenvalue weighted by molar-refractivity contribution is 7.89. The number of furan rings is 1.